The monoisotopic (exact) mass is 856 g/mol. The summed E-state index contributed by atoms with van der Waals surface area (Å²) < 4.78 is 10.7. The highest BCUT2D eigenvalue weighted by Gasteiger charge is 2.32. The SMILES string of the molecule is CCc1c(OC)cccc1C(=O)NN(C(=O)c1cc(C)cc(C=O)c1)C(C)(C)C.CCc1c(OC)cccc1C(=O)NN(C(=O)c1cc(C)cc(CO)c1)C(C)(C)C.CPC. The fourth-order valence-electron chi connectivity index (χ4n) is 6.38. The van der Waals surface area contributed by atoms with E-state index in [0.717, 1.165) is 30.8 Å². The van der Waals surface area contributed by atoms with Crippen LogP contribution in [-0.4, -0.2) is 83.7 Å². The molecule has 4 amide bonds. The van der Waals surface area contributed by atoms with Crippen LogP contribution in [0.1, 0.15) is 135 Å². The molecule has 3 N–H and O–H groups in total. The van der Waals surface area contributed by atoms with Crippen molar-refractivity contribution < 1.29 is 38.6 Å². The van der Waals surface area contributed by atoms with Crippen molar-refractivity contribution in [3.63, 3.8) is 0 Å². The number of aliphatic hydroxyl groups excluding tert-OH is 1. The van der Waals surface area contributed by atoms with Gasteiger partial charge in [0.05, 0.1) is 31.9 Å². The molecule has 0 heterocycles. The quantitative estimate of drug-likeness (QED) is 0.0815. The Morgan fingerprint density at radius 2 is 1.07 bits per heavy atom. The molecule has 0 saturated heterocycles. The summed E-state index contributed by atoms with van der Waals surface area (Å²) in [6.07, 6.45) is 1.93. The summed E-state index contributed by atoms with van der Waals surface area (Å²) in [4.78, 5) is 63.8. The van der Waals surface area contributed by atoms with E-state index in [1.54, 1.807) is 68.8 Å². The van der Waals surface area contributed by atoms with E-state index in [1.807, 2.05) is 81.4 Å². The lowest BCUT2D eigenvalue weighted by atomic mass is 10.0. The number of nitrogens with zero attached hydrogens (tertiary/aromatic N) is 2. The number of methoxy groups -OCH3 is 2. The lowest BCUT2D eigenvalue weighted by molar-refractivity contribution is 0.0356. The van der Waals surface area contributed by atoms with Gasteiger partial charge in [0.25, 0.3) is 23.6 Å². The molecule has 0 atom stereocenters. The fraction of sp³-hybridized carbons (Fsp3) is 0.396. The van der Waals surface area contributed by atoms with Gasteiger partial charge in [0.1, 0.15) is 17.8 Å². The minimum absolute atomic E-state index is 0.159. The minimum Gasteiger partial charge on any atom is -0.496 e. The van der Waals surface area contributed by atoms with E-state index in [-0.39, 0.29) is 18.4 Å². The number of ether oxygens (including phenoxy) is 2. The fourth-order valence-corrected chi connectivity index (χ4v) is 6.38. The first kappa shape index (κ1) is 51.6. The number of aryl methyl sites for hydroxylation is 2. The van der Waals surface area contributed by atoms with Gasteiger partial charge in [0.2, 0.25) is 0 Å². The number of carbonyl (C=O) groups excluding carboxylic acids is 5. The van der Waals surface area contributed by atoms with Crippen molar-refractivity contribution in [3.8, 4) is 11.5 Å². The number of hydrogen-bond acceptors (Lipinski definition) is 8. The van der Waals surface area contributed by atoms with E-state index in [0.29, 0.717) is 64.0 Å². The van der Waals surface area contributed by atoms with Crippen LogP contribution in [0.5, 0.6) is 11.5 Å². The van der Waals surface area contributed by atoms with Crippen LogP contribution in [0.3, 0.4) is 0 Å². The van der Waals surface area contributed by atoms with Gasteiger partial charge in [-0.3, -0.25) is 34.8 Å². The Kier molecular flexibility index (Phi) is 19.8. The average Bonchev–Trinajstić information content (AvgIpc) is 3.22. The third-order valence-corrected chi connectivity index (χ3v) is 9.13. The smallest absolute Gasteiger partial charge is 0.272 e. The number of benzene rings is 4. The molecule has 4 aromatic rings. The highest BCUT2D eigenvalue weighted by Crippen LogP contribution is 2.26. The van der Waals surface area contributed by atoms with Crippen LogP contribution in [0, 0.1) is 13.8 Å². The van der Waals surface area contributed by atoms with Gasteiger partial charge < -0.3 is 14.6 Å². The first-order chi connectivity index (χ1) is 28.6. The molecule has 0 aliphatic carbocycles. The molecule has 0 aliphatic heterocycles. The number of hydrogen-bond donors (Lipinski definition) is 3. The Morgan fingerprint density at radius 1 is 0.672 bits per heavy atom. The number of rotatable bonds is 10. The maximum atomic E-state index is 13.3. The number of hydrazine groups is 2. The van der Waals surface area contributed by atoms with E-state index >= 15 is 0 Å². The normalized spacial score (nSPS) is 10.8. The zero-order chi connectivity index (χ0) is 46.2. The predicted molar refractivity (Wildman–Crippen MR) is 245 cm³/mol. The summed E-state index contributed by atoms with van der Waals surface area (Å²) >= 11 is 0. The van der Waals surface area contributed by atoms with Crippen molar-refractivity contribution in [1.82, 2.24) is 20.9 Å². The Bertz CT molecular complexity index is 2160. The second kappa shape index (κ2) is 23.4. The average molecular weight is 857 g/mol. The first-order valence-corrected chi connectivity index (χ1v) is 22.2. The molecule has 61 heavy (non-hydrogen) atoms. The molecule has 0 aromatic heterocycles. The summed E-state index contributed by atoms with van der Waals surface area (Å²) in [5, 5.41) is 12.1. The molecule has 12 nitrogen and oxygen atoms in total. The molecule has 4 aromatic carbocycles. The van der Waals surface area contributed by atoms with Crippen LogP contribution in [0.15, 0.2) is 72.8 Å². The Labute approximate surface area is 364 Å². The van der Waals surface area contributed by atoms with Gasteiger partial charge in [-0.25, -0.2) is 10.0 Å². The Morgan fingerprint density at radius 3 is 1.41 bits per heavy atom. The van der Waals surface area contributed by atoms with Crippen LogP contribution in [-0.2, 0) is 19.4 Å². The van der Waals surface area contributed by atoms with Crippen LogP contribution in [0.2, 0.25) is 0 Å². The van der Waals surface area contributed by atoms with Gasteiger partial charge >= 0.3 is 0 Å². The number of aliphatic hydroxyl groups is 1. The van der Waals surface area contributed by atoms with E-state index in [9.17, 15) is 29.1 Å². The first-order valence-electron chi connectivity index (χ1n) is 20.2. The van der Waals surface area contributed by atoms with Crippen LogP contribution in [0.25, 0.3) is 0 Å². The third-order valence-electron chi connectivity index (χ3n) is 9.13. The molecule has 4 rings (SSSR count). The standard InChI is InChI=1S/C23H30N2O4.C23H28N2O4.C2H7P/c2*1-7-18-19(9-8-10-20(18)29-6)21(27)24-25(23(3,4)5)22(28)17-12-15(2)11-16(13-17)14-26;1-3-2/h8-13,26H,7,14H2,1-6H3,(H,24,27);8-14H,7H2,1-6H3,(H,24,27);3H,1-2H3. The van der Waals surface area contributed by atoms with Crippen LogP contribution >= 0.6 is 8.58 Å². The Hall–Kier alpha value is -5.58. The largest absolute Gasteiger partial charge is 0.496 e. The molecule has 0 spiro atoms. The number of carbonyl (C=O) groups is 5. The molecular weight excluding hydrogens is 792 g/mol. The van der Waals surface area contributed by atoms with Crippen LogP contribution in [0.4, 0.5) is 0 Å². The zero-order valence-corrected chi connectivity index (χ0v) is 39.3. The summed E-state index contributed by atoms with van der Waals surface area (Å²) in [5.74, 6) is -0.238. The molecule has 0 bridgehead atoms. The molecule has 13 heteroatoms. The predicted octanol–water partition coefficient (Wildman–Crippen LogP) is 8.53. The third kappa shape index (κ3) is 14.3. The molecule has 0 radical (unpaired) electrons. The summed E-state index contributed by atoms with van der Waals surface area (Å²) in [6, 6.07) is 20.7. The van der Waals surface area contributed by atoms with Crippen molar-refractivity contribution in [2.24, 2.45) is 0 Å². The van der Waals surface area contributed by atoms with Gasteiger partial charge in [-0.15, -0.1) is 8.58 Å². The molecule has 0 unspecified atom stereocenters. The van der Waals surface area contributed by atoms with E-state index < -0.39 is 22.9 Å². The van der Waals surface area contributed by atoms with E-state index in [1.165, 1.54) is 16.1 Å². The van der Waals surface area contributed by atoms with Crippen LogP contribution < -0.4 is 20.3 Å². The van der Waals surface area contributed by atoms with Crippen molar-refractivity contribution >= 4 is 38.5 Å². The highest BCUT2D eigenvalue weighted by molar-refractivity contribution is 7.35. The highest BCUT2D eigenvalue weighted by atomic mass is 31.1. The van der Waals surface area contributed by atoms with Gasteiger partial charge in [0, 0.05) is 38.9 Å². The maximum Gasteiger partial charge on any atom is 0.272 e. The van der Waals surface area contributed by atoms with E-state index in [4.69, 9.17) is 9.47 Å². The van der Waals surface area contributed by atoms with Crippen molar-refractivity contribution in [1.29, 1.82) is 0 Å². The van der Waals surface area contributed by atoms with Gasteiger partial charge in [0.15, 0.2) is 0 Å². The topological polar surface area (TPSA) is 155 Å². The zero-order valence-electron chi connectivity index (χ0n) is 38.3. The Balaban J connectivity index is 0.000000395. The summed E-state index contributed by atoms with van der Waals surface area (Å²) in [7, 11) is 4.21. The van der Waals surface area contributed by atoms with Gasteiger partial charge in [-0.1, -0.05) is 32.0 Å². The molecule has 0 fully saturated rings. The lowest BCUT2D eigenvalue weighted by Gasteiger charge is -2.36. The number of amides is 4. The molecule has 0 saturated carbocycles. The summed E-state index contributed by atoms with van der Waals surface area (Å²) in [6.45, 7) is 22.7. The van der Waals surface area contributed by atoms with Gasteiger partial charge in [-0.05, 0) is 153 Å². The molecule has 330 valence electrons. The van der Waals surface area contributed by atoms with Gasteiger partial charge in [-0.2, -0.15) is 0 Å². The maximum absolute atomic E-state index is 13.3. The minimum atomic E-state index is -0.691. The number of aldehydes is 1. The summed E-state index contributed by atoms with van der Waals surface area (Å²) in [5.41, 5.74) is 10.1. The molecule has 0 aliphatic rings. The van der Waals surface area contributed by atoms with E-state index in [2.05, 4.69) is 24.2 Å². The number of nitrogens with one attached hydrogen (secondary N) is 2. The van der Waals surface area contributed by atoms with Crippen molar-refractivity contribution in [2.75, 3.05) is 27.5 Å². The second-order valence-corrected chi connectivity index (χ2v) is 17.3. The van der Waals surface area contributed by atoms with Crippen molar-refractivity contribution in [2.45, 2.75) is 99.8 Å². The lowest BCUT2D eigenvalue weighted by Crippen LogP contribution is -2.56. The second-order valence-electron chi connectivity index (χ2n) is 16.3. The van der Waals surface area contributed by atoms with Crippen molar-refractivity contribution in [3.05, 3.63) is 128 Å². The molecular formula is C48H65N4O8P.